The van der Waals surface area contributed by atoms with Gasteiger partial charge < -0.3 is 0 Å². The van der Waals surface area contributed by atoms with Gasteiger partial charge in [-0.05, 0) is 24.8 Å². The van der Waals surface area contributed by atoms with Crippen molar-refractivity contribution in [1.82, 2.24) is 0 Å². The number of nitrogens with zero attached hydrogens (tertiary/aromatic N) is 1. The molecule has 0 fully saturated rings. The molecule has 0 bridgehead atoms. The molecule has 1 nitrogen and oxygen atoms in total. The molecule has 0 unspecified atom stereocenters. The van der Waals surface area contributed by atoms with Crippen LogP contribution in [0.1, 0.15) is 20.8 Å². The third kappa shape index (κ3) is 11.4. The minimum Gasteiger partial charge on any atom is -0.272 e. The molecule has 0 atom stereocenters. The molecule has 0 aromatic carbocycles. The first-order valence-electron chi connectivity index (χ1n) is 2.98. The fourth-order valence-electron chi connectivity index (χ4n) is 0.181. The van der Waals surface area contributed by atoms with Gasteiger partial charge in [0.25, 0.3) is 0 Å². The summed E-state index contributed by atoms with van der Waals surface area (Å²) in [5.41, 5.74) is 0. The molecule has 0 N–H and O–H groups in total. The van der Waals surface area contributed by atoms with Crippen LogP contribution in [0.2, 0.25) is 0 Å². The van der Waals surface area contributed by atoms with E-state index in [1.807, 2.05) is 27.0 Å². The summed E-state index contributed by atoms with van der Waals surface area (Å²) in [6.07, 6.45) is 3.75. The highest BCUT2D eigenvalue weighted by Gasteiger charge is 1.76. The van der Waals surface area contributed by atoms with Crippen LogP contribution in [0.25, 0.3) is 0 Å². The van der Waals surface area contributed by atoms with E-state index in [-0.39, 0.29) is 0 Å². The Morgan fingerprint density at radius 3 is 2.11 bits per heavy atom. The first kappa shape index (κ1) is 11.5. The number of hydrogen-bond donors (Lipinski definition) is 0. The van der Waals surface area contributed by atoms with E-state index in [4.69, 9.17) is 0 Å². The van der Waals surface area contributed by atoms with Crippen LogP contribution in [-0.2, 0) is 0 Å². The van der Waals surface area contributed by atoms with Gasteiger partial charge in [0.05, 0.1) is 0 Å². The fourth-order valence-corrected chi connectivity index (χ4v) is 0.361. The highest BCUT2D eigenvalue weighted by Crippen LogP contribution is 2.07. The minimum atomic E-state index is 1.19. The lowest BCUT2D eigenvalue weighted by atomic mass is 10.7. The Bertz CT molecular complexity index is 86.9. The fraction of sp³-hybridized carbons (Fsp3) is 0.571. The van der Waals surface area contributed by atoms with Gasteiger partial charge in [0.15, 0.2) is 0 Å². The molecule has 0 spiro atoms. The highest BCUT2D eigenvalue weighted by atomic mass is 32.2. The van der Waals surface area contributed by atoms with Gasteiger partial charge in [-0.3, -0.25) is 4.99 Å². The van der Waals surface area contributed by atoms with Crippen LogP contribution in [0.4, 0.5) is 0 Å². The number of rotatable bonds is 2. The molecule has 2 heteroatoms. The van der Waals surface area contributed by atoms with Crippen molar-refractivity contribution < 1.29 is 0 Å². The summed E-state index contributed by atoms with van der Waals surface area (Å²) in [6, 6.07) is 0. The summed E-state index contributed by atoms with van der Waals surface area (Å²) in [7, 11) is 0. The predicted molar refractivity (Wildman–Crippen MR) is 48.2 cm³/mol. The normalized spacial score (nSPS) is 9.56. The molecule has 0 aromatic heterocycles. The van der Waals surface area contributed by atoms with Crippen molar-refractivity contribution in [2.75, 3.05) is 6.26 Å². The quantitative estimate of drug-likeness (QED) is 0.544. The van der Waals surface area contributed by atoms with Crippen LogP contribution in [-0.4, -0.2) is 13.0 Å². The predicted octanol–water partition coefficient (Wildman–Crippen LogP) is 2.94. The van der Waals surface area contributed by atoms with Crippen LogP contribution in [0.15, 0.2) is 16.1 Å². The average molecular weight is 145 g/mol. The standard InChI is InChI=1S/C5H9NS.C2H6/c1-5(7-3)4-6-2;1-2/h4H,2H2,1,3H3;1-2H3/b5-4-;. The van der Waals surface area contributed by atoms with Crippen LogP contribution >= 0.6 is 11.8 Å². The molecule has 0 aliphatic heterocycles. The van der Waals surface area contributed by atoms with Crippen molar-refractivity contribution in [2.45, 2.75) is 20.8 Å². The van der Waals surface area contributed by atoms with Crippen molar-refractivity contribution in [1.29, 1.82) is 0 Å². The van der Waals surface area contributed by atoms with Gasteiger partial charge in [-0.1, -0.05) is 13.8 Å². The Kier molecular flexibility index (Phi) is 13.7. The highest BCUT2D eigenvalue weighted by molar-refractivity contribution is 8.02. The Hall–Kier alpha value is -0.240. The molecule has 0 saturated carbocycles. The van der Waals surface area contributed by atoms with E-state index < -0.39 is 0 Å². The first-order chi connectivity index (χ1) is 4.31. The number of thioether (sulfide) groups is 1. The zero-order valence-corrected chi connectivity index (χ0v) is 7.46. The Morgan fingerprint density at radius 2 is 2.00 bits per heavy atom. The summed E-state index contributed by atoms with van der Waals surface area (Å²) in [4.78, 5) is 4.76. The lowest BCUT2D eigenvalue weighted by molar-refractivity contribution is 1.50. The largest absolute Gasteiger partial charge is 0.272 e. The van der Waals surface area contributed by atoms with E-state index in [1.165, 1.54) is 4.91 Å². The summed E-state index contributed by atoms with van der Waals surface area (Å²) < 4.78 is 0. The van der Waals surface area contributed by atoms with Gasteiger partial charge in [0.1, 0.15) is 0 Å². The molecular formula is C7H15NS. The van der Waals surface area contributed by atoms with Crippen molar-refractivity contribution >= 4 is 18.5 Å². The van der Waals surface area contributed by atoms with Crippen LogP contribution < -0.4 is 0 Å². The summed E-state index contributed by atoms with van der Waals surface area (Å²) >= 11 is 1.68. The Morgan fingerprint density at radius 1 is 1.56 bits per heavy atom. The smallest absolute Gasteiger partial charge is 0.0352 e. The zero-order valence-electron chi connectivity index (χ0n) is 6.64. The number of hydrogen-bond acceptors (Lipinski definition) is 2. The number of allylic oxidation sites excluding steroid dienone is 1. The van der Waals surface area contributed by atoms with Gasteiger partial charge >= 0.3 is 0 Å². The molecule has 0 radical (unpaired) electrons. The molecule has 0 aromatic rings. The molecule has 0 aliphatic carbocycles. The summed E-state index contributed by atoms with van der Waals surface area (Å²) in [6.45, 7) is 9.31. The van der Waals surface area contributed by atoms with E-state index in [2.05, 4.69) is 11.7 Å². The van der Waals surface area contributed by atoms with Crippen molar-refractivity contribution in [2.24, 2.45) is 4.99 Å². The topological polar surface area (TPSA) is 12.4 Å². The maximum Gasteiger partial charge on any atom is 0.0352 e. The van der Waals surface area contributed by atoms with Gasteiger partial charge in [0.2, 0.25) is 0 Å². The third-order valence-electron chi connectivity index (χ3n) is 0.595. The Balaban J connectivity index is 0. The van der Waals surface area contributed by atoms with E-state index in [0.29, 0.717) is 0 Å². The second-order valence-electron chi connectivity index (χ2n) is 1.13. The molecule has 0 aliphatic rings. The van der Waals surface area contributed by atoms with Crippen LogP contribution in [0.5, 0.6) is 0 Å². The second-order valence-corrected chi connectivity index (χ2v) is 2.18. The lowest BCUT2D eigenvalue weighted by Crippen LogP contribution is -1.58. The molecule has 0 rings (SSSR count). The monoisotopic (exact) mass is 145 g/mol. The zero-order chi connectivity index (χ0) is 7.70. The first-order valence-corrected chi connectivity index (χ1v) is 4.20. The van der Waals surface area contributed by atoms with Crippen LogP contribution in [0, 0.1) is 0 Å². The van der Waals surface area contributed by atoms with Gasteiger partial charge in [-0.25, -0.2) is 0 Å². The minimum absolute atomic E-state index is 1.19. The van der Waals surface area contributed by atoms with E-state index >= 15 is 0 Å². The lowest BCUT2D eigenvalue weighted by Gasteiger charge is -1.85. The van der Waals surface area contributed by atoms with Gasteiger partial charge in [0, 0.05) is 6.20 Å². The summed E-state index contributed by atoms with van der Waals surface area (Å²) in [5.74, 6) is 0. The molecule has 9 heavy (non-hydrogen) atoms. The Labute approximate surface area is 62.3 Å². The molecule has 0 amide bonds. The molecular weight excluding hydrogens is 130 g/mol. The SMILES string of the molecule is C=N/C=C(/C)SC.CC. The molecule has 0 heterocycles. The van der Waals surface area contributed by atoms with Gasteiger partial charge in [-0.15, -0.1) is 11.8 Å². The maximum atomic E-state index is 3.57. The van der Waals surface area contributed by atoms with Gasteiger partial charge in [-0.2, -0.15) is 0 Å². The van der Waals surface area contributed by atoms with Crippen LogP contribution in [0.3, 0.4) is 0 Å². The third-order valence-corrected chi connectivity index (χ3v) is 1.34. The average Bonchev–Trinajstić information content (AvgIpc) is 1.93. The maximum absolute atomic E-state index is 3.57. The van der Waals surface area contributed by atoms with Crippen molar-refractivity contribution in [3.8, 4) is 0 Å². The van der Waals surface area contributed by atoms with Crippen molar-refractivity contribution in [3.63, 3.8) is 0 Å². The van der Waals surface area contributed by atoms with E-state index in [0.717, 1.165) is 0 Å². The molecule has 0 saturated heterocycles. The number of aliphatic imine (C=N–C) groups is 1. The van der Waals surface area contributed by atoms with E-state index in [1.54, 1.807) is 18.0 Å². The van der Waals surface area contributed by atoms with Crippen molar-refractivity contribution in [3.05, 3.63) is 11.1 Å². The summed E-state index contributed by atoms with van der Waals surface area (Å²) in [5, 5.41) is 0. The second kappa shape index (κ2) is 10.7. The van der Waals surface area contributed by atoms with E-state index in [9.17, 15) is 0 Å². The molecule has 54 valence electrons.